The van der Waals surface area contributed by atoms with Gasteiger partial charge in [0.1, 0.15) is 5.84 Å². The Morgan fingerprint density at radius 1 is 1.80 bits per heavy atom. The number of carbonyl (C=O) groups excluding carboxylic acids is 1. The number of carbonyl (C=O) groups is 1. The Balaban J connectivity index is 2.72. The fourth-order valence-corrected chi connectivity index (χ4v) is 0.767. The van der Waals surface area contributed by atoms with Crippen LogP contribution in [0.25, 0.3) is 0 Å². The molecule has 0 aromatic carbocycles. The second-order valence-electron chi connectivity index (χ2n) is 2.07. The number of hydrazone groups is 1. The van der Waals surface area contributed by atoms with E-state index in [4.69, 9.17) is 11.1 Å². The molecule has 0 aliphatic carbocycles. The van der Waals surface area contributed by atoms with Gasteiger partial charge in [0.15, 0.2) is 0 Å². The lowest BCUT2D eigenvalue weighted by Gasteiger charge is -2.17. The summed E-state index contributed by atoms with van der Waals surface area (Å²) in [5.74, 6) is 0.323. The van der Waals surface area contributed by atoms with Gasteiger partial charge in [0.2, 0.25) is 6.41 Å². The largest absolute Gasteiger partial charge is 0.385 e. The zero-order valence-corrected chi connectivity index (χ0v) is 5.37. The van der Waals surface area contributed by atoms with Crippen molar-refractivity contribution in [2.75, 3.05) is 6.54 Å². The number of nitrogens with one attached hydrogen (secondary N) is 1. The molecule has 0 unspecified atom stereocenters. The SMILES string of the molecule is N=C1CC(N)=NN(C=O)C1. The van der Waals surface area contributed by atoms with E-state index in [9.17, 15) is 4.79 Å². The summed E-state index contributed by atoms with van der Waals surface area (Å²) in [5, 5.41) is 12.0. The molecule has 0 fully saturated rings. The number of hydrogen-bond acceptors (Lipinski definition) is 4. The van der Waals surface area contributed by atoms with Gasteiger partial charge in [0, 0.05) is 12.1 Å². The van der Waals surface area contributed by atoms with Crippen molar-refractivity contribution in [3.63, 3.8) is 0 Å². The third-order valence-corrected chi connectivity index (χ3v) is 1.13. The number of nitrogens with two attached hydrogens (primary N) is 1. The summed E-state index contributed by atoms with van der Waals surface area (Å²) in [6.45, 7) is 0.268. The van der Waals surface area contributed by atoms with Crippen LogP contribution in [0.15, 0.2) is 5.10 Å². The molecule has 0 spiro atoms. The molecule has 0 saturated heterocycles. The van der Waals surface area contributed by atoms with Gasteiger partial charge in [0.05, 0.1) is 6.54 Å². The number of amides is 1. The highest BCUT2D eigenvalue weighted by Gasteiger charge is 2.12. The average molecular weight is 140 g/mol. The summed E-state index contributed by atoms with van der Waals surface area (Å²) < 4.78 is 0. The van der Waals surface area contributed by atoms with Crippen LogP contribution < -0.4 is 5.73 Å². The van der Waals surface area contributed by atoms with Crippen LogP contribution in [-0.2, 0) is 4.79 Å². The van der Waals surface area contributed by atoms with Crippen molar-refractivity contribution < 1.29 is 4.79 Å². The van der Waals surface area contributed by atoms with Crippen LogP contribution in [0.3, 0.4) is 0 Å². The molecule has 0 atom stereocenters. The van der Waals surface area contributed by atoms with E-state index < -0.39 is 0 Å². The van der Waals surface area contributed by atoms with Crippen LogP contribution >= 0.6 is 0 Å². The Kier molecular flexibility index (Phi) is 1.66. The molecular weight excluding hydrogens is 132 g/mol. The summed E-state index contributed by atoms with van der Waals surface area (Å²) >= 11 is 0. The van der Waals surface area contributed by atoms with Gasteiger partial charge < -0.3 is 11.1 Å². The molecule has 0 aromatic heterocycles. The third-order valence-electron chi connectivity index (χ3n) is 1.13. The standard InChI is InChI=1S/C5H8N4O/c6-4-1-5(7)8-9(2-4)3-10/h3,6H,1-2H2,(H2,7,8). The van der Waals surface area contributed by atoms with Crippen molar-refractivity contribution >= 4 is 18.0 Å². The quantitative estimate of drug-likeness (QED) is 0.464. The molecule has 1 aliphatic heterocycles. The Labute approximate surface area is 58.0 Å². The number of rotatable bonds is 1. The van der Waals surface area contributed by atoms with E-state index >= 15 is 0 Å². The Morgan fingerprint density at radius 3 is 3.00 bits per heavy atom. The summed E-state index contributed by atoms with van der Waals surface area (Å²) in [6, 6.07) is 0. The van der Waals surface area contributed by atoms with Crippen molar-refractivity contribution in [2.24, 2.45) is 10.8 Å². The lowest BCUT2D eigenvalue weighted by atomic mass is 10.2. The number of hydrogen-bond donors (Lipinski definition) is 2. The number of amidine groups is 1. The van der Waals surface area contributed by atoms with Crippen LogP contribution in [0.4, 0.5) is 0 Å². The van der Waals surface area contributed by atoms with Gasteiger partial charge in [0.25, 0.3) is 0 Å². The van der Waals surface area contributed by atoms with E-state index in [1.54, 1.807) is 0 Å². The van der Waals surface area contributed by atoms with E-state index in [0.717, 1.165) is 5.01 Å². The minimum atomic E-state index is 0.268. The van der Waals surface area contributed by atoms with Gasteiger partial charge >= 0.3 is 0 Å². The first kappa shape index (κ1) is 6.73. The maximum atomic E-state index is 10.1. The zero-order valence-electron chi connectivity index (χ0n) is 5.37. The molecule has 1 rings (SSSR count). The highest BCUT2D eigenvalue weighted by Crippen LogP contribution is 1.97. The van der Waals surface area contributed by atoms with E-state index in [-0.39, 0.29) is 6.54 Å². The van der Waals surface area contributed by atoms with E-state index in [1.165, 1.54) is 0 Å². The van der Waals surface area contributed by atoms with Crippen molar-refractivity contribution in [2.45, 2.75) is 6.42 Å². The van der Waals surface area contributed by atoms with E-state index in [1.807, 2.05) is 0 Å². The molecule has 5 nitrogen and oxygen atoms in total. The maximum absolute atomic E-state index is 10.1. The van der Waals surface area contributed by atoms with E-state index in [2.05, 4.69) is 5.10 Å². The molecule has 54 valence electrons. The van der Waals surface area contributed by atoms with Crippen LogP contribution in [-0.4, -0.2) is 29.5 Å². The lowest BCUT2D eigenvalue weighted by Crippen LogP contribution is -2.34. The summed E-state index contributed by atoms with van der Waals surface area (Å²) in [5.41, 5.74) is 5.72. The molecule has 0 radical (unpaired) electrons. The van der Waals surface area contributed by atoms with Crippen LogP contribution in [0.2, 0.25) is 0 Å². The average Bonchev–Trinajstić information content (AvgIpc) is 1.85. The Bertz CT molecular complexity index is 198. The van der Waals surface area contributed by atoms with Gasteiger partial charge in [-0.3, -0.25) is 4.79 Å². The molecule has 0 saturated carbocycles. The van der Waals surface area contributed by atoms with Gasteiger partial charge in [-0.15, -0.1) is 0 Å². The monoisotopic (exact) mass is 140 g/mol. The molecular formula is C5H8N4O. The van der Waals surface area contributed by atoms with E-state index in [0.29, 0.717) is 24.4 Å². The second kappa shape index (κ2) is 2.47. The van der Waals surface area contributed by atoms with Crippen LogP contribution in [0.1, 0.15) is 6.42 Å². The smallest absolute Gasteiger partial charge is 0.230 e. The topological polar surface area (TPSA) is 82.5 Å². The fourth-order valence-electron chi connectivity index (χ4n) is 0.767. The number of nitrogens with zero attached hydrogens (tertiary/aromatic N) is 2. The van der Waals surface area contributed by atoms with Gasteiger partial charge in [-0.2, -0.15) is 5.10 Å². The summed E-state index contributed by atoms with van der Waals surface area (Å²) in [7, 11) is 0. The Morgan fingerprint density at radius 2 is 2.50 bits per heavy atom. The summed E-state index contributed by atoms with van der Waals surface area (Å²) in [6.07, 6.45) is 0.935. The molecule has 10 heavy (non-hydrogen) atoms. The lowest BCUT2D eigenvalue weighted by molar-refractivity contribution is -0.117. The second-order valence-corrected chi connectivity index (χ2v) is 2.07. The first-order valence-corrected chi connectivity index (χ1v) is 2.83. The van der Waals surface area contributed by atoms with Crippen LogP contribution in [0.5, 0.6) is 0 Å². The summed E-state index contributed by atoms with van der Waals surface area (Å²) in [4.78, 5) is 10.1. The van der Waals surface area contributed by atoms with Crippen molar-refractivity contribution in [3.05, 3.63) is 0 Å². The predicted octanol–water partition coefficient (Wildman–Crippen LogP) is -0.860. The minimum absolute atomic E-state index is 0.268. The van der Waals surface area contributed by atoms with Crippen molar-refractivity contribution in [1.82, 2.24) is 5.01 Å². The normalized spacial score (nSPS) is 18.6. The first-order valence-electron chi connectivity index (χ1n) is 2.83. The Hall–Kier alpha value is -1.39. The molecule has 3 N–H and O–H groups in total. The zero-order chi connectivity index (χ0) is 7.56. The first-order chi connectivity index (χ1) is 4.72. The van der Waals surface area contributed by atoms with Crippen LogP contribution in [0, 0.1) is 5.41 Å². The van der Waals surface area contributed by atoms with Crippen molar-refractivity contribution in [3.8, 4) is 0 Å². The molecule has 1 heterocycles. The van der Waals surface area contributed by atoms with Gasteiger partial charge in [-0.05, 0) is 0 Å². The van der Waals surface area contributed by atoms with Crippen molar-refractivity contribution in [1.29, 1.82) is 5.41 Å². The molecule has 0 bridgehead atoms. The van der Waals surface area contributed by atoms with Gasteiger partial charge in [-0.25, -0.2) is 5.01 Å². The maximum Gasteiger partial charge on any atom is 0.230 e. The predicted molar refractivity (Wildman–Crippen MR) is 36.7 cm³/mol. The fraction of sp³-hybridized carbons (Fsp3) is 0.400. The molecule has 5 heteroatoms. The molecule has 1 aliphatic rings. The molecule has 0 aromatic rings. The minimum Gasteiger partial charge on any atom is -0.385 e. The molecule has 1 amide bonds. The third kappa shape index (κ3) is 1.31. The van der Waals surface area contributed by atoms with Gasteiger partial charge in [-0.1, -0.05) is 0 Å². The highest BCUT2D eigenvalue weighted by atomic mass is 16.1. The highest BCUT2D eigenvalue weighted by molar-refractivity contribution is 6.04.